The standard InChI is InChI=1S/C23H18N2O5/c1-14-17(8-5-9-18(14)22(27)28)20-11-10-16(30-20)12-19-21(26)25(23(29)24-19)13-15-6-3-2-4-7-15/h2-12H,13H2,1H3,(H,24,29)(H,27,28)/b19-12+. The molecule has 0 aliphatic carbocycles. The maximum atomic E-state index is 12.6. The predicted octanol–water partition coefficient (Wildman–Crippen LogP) is 4.05. The lowest BCUT2D eigenvalue weighted by atomic mass is 10.0. The van der Waals surface area contributed by atoms with E-state index in [9.17, 15) is 19.5 Å². The van der Waals surface area contributed by atoms with Crippen molar-refractivity contribution in [1.82, 2.24) is 10.2 Å². The molecule has 1 aliphatic heterocycles. The van der Waals surface area contributed by atoms with Gasteiger partial charge in [0.1, 0.15) is 17.2 Å². The molecule has 3 aromatic rings. The SMILES string of the molecule is Cc1c(C(=O)O)cccc1-c1ccc(/C=C2/NC(=O)N(Cc3ccccc3)C2=O)o1. The lowest BCUT2D eigenvalue weighted by Gasteiger charge is -2.11. The molecule has 0 unspecified atom stereocenters. The number of amides is 3. The van der Waals surface area contributed by atoms with Gasteiger partial charge >= 0.3 is 12.0 Å². The average molecular weight is 402 g/mol. The van der Waals surface area contributed by atoms with E-state index in [4.69, 9.17) is 4.42 Å². The lowest BCUT2D eigenvalue weighted by molar-refractivity contribution is -0.123. The second-order valence-corrected chi connectivity index (χ2v) is 6.85. The minimum atomic E-state index is -1.01. The maximum Gasteiger partial charge on any atom is 0.335 e. The summed E-state index contributed by atoms with van der Waals surface area (Å²) in [5.74, 6) is -0.609. The average Bonchev–Trinajstić information content (AvgIpc) is 3.29. The topological polar surface area (TPSA) is 99.9 Å². The Morgan fingerprint density at radius 1 is 1.07 bits per heavy atom. The zero-order valence-corrected chi connectivity index (χ0v) is 16.1. The number of hydrogen-bond acceptors (Lipinski definition) is 4. The van der Waals surface area contributed by atoms with Gasteiger partial charge in [0.2, 0.25) is 0 Å². The number of carbonyl (C=O) groups is 3. The van der Waals surface area contributed by atoms with Crippen molar-refractivity contribution < 1.29 is 23.9 Å². The molecule has 2 N–H and O–H groups in total. The molecule has 7 nitrogen and oxygen atoms in total. The number of aromatic carboxylic acids is 1. The zero-order chi connectivity index (χ0) is 21.3. The van der Waals surface area contributed by atoms with Crippen LogP contribution in [0, 0.1) is 6.92 Å². The number of benzene rings is 2. The van der Waals surface area contributed by atoms with E-state index in [1.165, 1.54) is 12.1 Å². The summed E-state index contributed by atoms with van der Waals surface area (Å²) in [5, 5.41) is 11.9. The molecule has 30 heavy (non-hydrogen) atoms. The van der Waals surface area contributed by atoms with Crippen LogP contribution < -0.4 is 5.32 Å². The summed E-state index contributed by atoms with van der Waals surface area (Å²) < 4.78 is 5.79. The summed E-state index contributed by atoms with van der Waals surface area (Å²) in [7, 11) is 0. The number of urea groups is 1. The van der Waals surface area contributed by atoms with Gasteiger partial charge in [-0.1, -0.05) is 42.5 Å². The van der Waals surface area contributed by atoms with Gasteiger partial charge < -0.3 is 14.8 Å². The summed E-state index contributed by atoms with van der Waals surface area (Å²) >= 11 is 0. The molecule has 150 valence electrons. The van der Waals surface area contributed by atoms with E-state index in [1.807, 2.05) is 30.3 Å². The molecule has 3 amide bonds. The summed E-state index contributed by atoms with van der Waals surface area (Å²) in [4.78, 5) is 37.3. The van der Waals surface area contributed by atoms with Gasteiger partial charge in [-0.2, -0.15) is 0 Å². The Labute approximate surface area is 172 Å². The van der Waals surface area contributed by atoms with Gasteiger partial charge in [0.15, 0.2) is 0 Å². The van der Waals surface area contributed by atoms with Gasteiger partial charge in [-0.15, -0.1) is 0 Å². The van der Waals surface area contributed by atoms with Crippen molar-refractivity contribution in [2.45, 2.75) is 13.5 Å². The largest absolute Gasteiger partial charge is 0.478 e. The summed E-state index contributed by atoms with van der Waals surface area (Å²) in [6.45, 7) is 1.88. The Bertz CT molecular complexity index is 1180. The third-order valence-electron chi connectivity index (χ3n) is 4.89. The van der Waals surface area contributed by atoms with E-state index >= 15 is 0 Å². The number of nitrogens with one attached hydrogen (secondary N) is 1. The normalized spacial score (nSPS) is 15.0. The first-order valence-corrected chi connectivity index (χ1v) is 9.25. The second-order valence-electron chi connectivity index (χ2n) is 6.85. The fraction of sp³-hybridized carbons (Fsp3) is 0.0870. The first kappa shape index (κ1) is 19.2. The third kappa shape index (κ3) is 3.60. The fourth-order valence-electron chi connectivity index (χ4n) is 3.33. The highest BCUT2D eigenvalue weighted by Gasteiger charge is 2.33. The van der Waals surface area contributed by atoms with E-state index < -0.39 is 17.9 Å². The zero-order valence-electron chi connectivity index (χ0n) is 16.1. The number of rotatable bonds is 5. The molecular formula is C23H18N2O5. The Morgan fingerprint density at radius 3 is 2.57 bits per heavy atom. The smallest absolute Gasteiger partial charge is 0.335 e. The Balaban J connectivity index is 1.58. The van der Waals surface area contributed by atoms with Crippen molar-refractivity contribution in [2.75, 3.05) is 0 Å². The highest BCUT2D eigenvalue weighted by Crippen LogP contribution is 2.29. The highest BCUT2D eigenvalue weighted by molar-refractivity contribution is 6.13. The van der Waals surface area contributed by atoms with Gasteiger partial charge in [0.05, 0.1) is 12.1 Å². The monoisotopic (exact) mass is 402 g/mol. The van der Waals surface area contributed by atoms with E-state index in [1.54, 1.807) is 31.2 Å². The number of imide groups is 1. The number of carboxylic acid groups (broad SMARTS) is 1. The van der Waals surface area contributed by atoms with Crippen molar-refractivity contribution in [3.63, 3.8) is 0 Å². The van der Waals surface area contributed by atoms with Gasteiger partial charge in [-0.25, -0.2) is 9.59 Å². The molecular weight excluding hydrogens is 384 g/mol. The van der Waals surface area contributed by atoms with E-state index in [0.717, 1.165) is 10.5 Å². The number of carbonyl (C=O) groups excluding carboxylic acids is 2. The van der Waals surface area contributed by atoms with Crippen LogP contribution in [0.5, 0.6) is 0 Å². The number of nitrogens with zero attached hydrogens (tertiary/aromatic N) is 1. The number of furan rings is 1. The van der Waals surface area contributed by atoms with Crippen LogP contribution in [0.4, 0.5) is 4.79 Å². The van der Waals surface area contributed by atoms with Crippen LogP contribution in [0.2, 0.25) is 0 Å². The quantitative estimate of drug-likeness (QED) is 0.495. The van der Waals surface area contributed by atoms with Crippen molar-refractivity contribution in [3.05, 3.63) is 88.8 Å². The van der Waals surface area contributed by atoms with Crippen LogP contribution >= 0.6 is 0 Å². The van der Waals surface area contributed by atoms with Crippen molar-refractivity contribution in [1.29, 1.82) is 0 Å². The summed E-state index contributed by atoms with van der Waals surface area (Å²) in [5.41, 5.74) is 2.38. The summed E-state index contributed by atoms with van der Waals surface area (Å²) in [6, 6.07) is 17.0. The molecule has 0 atom stereocenters. The molecule has 1 aromatic heterocycles. The minimum absolute atomic E-state index is 0.118. The molecule has 0 bridgehead atoms. The van der Waals surface area contributed by atoms with Gasteiger partial charge in [-0.3, -0.25) is 9.69 Å². The van der Waals surface area contributed by atoms with Crippen molar-refractivity contribution in [3.8, 4) is 11.3 Å². The van der Waals surface area contributed by atoms with Crippen LogP contribution in [-0.4, -0.2) is 27.9 Å². The van der Waals surface area contributed by atoms with E-state index in [2.05, 4.69) is 5.32 Å². The van der Waals surface area contributed by atoms with Crippen molar-refractivity contribution >= 4 is 24.0 Å². The first-order chi connectivity index (χ1) is 14.4. The van der Waals surface area contributed by atoms with Crippen LogP contribution in [0.25, 0.3) is 17.4 Å². The molecule has 4 rings (SSSR count). The fourth-order valence-corrected chi connectivity index (χ4v) is 3.33. The molecule has 1 fully saturated rings. The highest BCUT2D eigenvalue weighted by atomic mass is 16.4. The van der Waals surface area contributed by atoms with Crippen LogP contribution in [0.1, 0.15) is 27.2 Å². The van der Waals surface area contributed by atoms with Crippen LogP contribution in [-0.2, 0) is 11.3 Å². The molecule has 1 aliphatic rings. The Hall–Kier alpha value is -4.13. The van der Waals surface area contributed by atoms with E-state index in [-0.39, 0.29) is 17.8 Å². The minimum Gasteiger partial charge on any atom is -0.478 e. The Kier molecular flexibility index (Phi) is 4.93. The first-order valence-electron chi connectivity index (χ1n) is 9.25. The molecule has 7 heteroatoms. The summed E-state index contributed by atoms with van der Waals surface area (Å²) in [6.07, 6.45) is 1.46. The molecule has 0 spiro atoms. The van der Waals surface area contributed by atoms with Crippen LogP contribution in [0.3, 0.4) is 0 Å². The van der Waals surface area contributed by atoms with Gasteiger partial charge in [0.25, 0.3) is 5.91 Å². The maximum absolute atomic E-state index is 12.6. The van der Waals surface area contributed by atoms with Gasteiger partial charge in [0, 0.05) is 11.6 Å². The molecule has 0 saturated carbocycles. The third-order valence-corrected chi connectivity index (χ3v) is 4.89. The lowest BCUT2D eigenvalue weighted by Crippen LogP contribution is -2.30. The molecule has 2 heterocycles. The Morgan fingerprint density at radius 2 is 1.83 bits per heavy atom. The number of carboxylic acids is 1. The van der Waals surface area contributed by atoms with Crippen molar-refractivity contribution in [2.24, 2.45) is 0 Å². The molecule has 2 aromatic carbocycles. The van der Waals surface area contributed by atoms with E-state index in [0.29, 0.717) is 22.6 Å². The second kappa shape index (κ2) is 7.71. The molecule has 0 radical (unpaired) electrons. The predicted molar refractivity (Wildman–Crippen MR) is 109 cm³/mol. The molecule has 1 saturated heterocycles. The van der Waals surface area contributed by atoms with Crippen LogP contribution in [0.15, 0.2) is 70.8 Å². The number of hydrogen-bond donors (Lipinski definition) is 2. The van der Waals surface area contributed by atoms with Gasteiger partial charge in [-0.05, 0) is 36.2 Å².